The van der Waals surface area contributed by atoms with E-state index >= 15 is 0 Å². The van der Waals surface area contributed by atoms with Crippen LogP contribution in [0.15, 0.2) is 0 Å². The largest absolute Gasteiger partial charge is 0.480 e. The lowest BCUT2D eigenvalue weighted by atomic mass is 9.93. The summed E-state index contributed by atoms with van der Waals surface area (Å²) in [5, 5.41) is 57.4. The molecule has 0 fully saturated rings. The Bertz CT molecular complexity index is 354. The van der Waals surface area contributed by atoms with Crippen LogP contribution in [0.1, 0.15) is 12.8 Å². The van der Waals surface area contributed by atoms with Crippen molar-refractivity contribution in [3.63, 3.8) is 0 Å². The summed E-state index contributed by atoms with van der Waals surface area (Å²) in [6.07, 6.45) is -4.70. The monoisotopic (exact) mass is 324 g/mol. The lowest BCUT2D eigenvalue weighted by Crippen LogP contribution is -2.47. The molecule has 0 saturated carbocycles. The van der Waals surface area contributed by atoms with Crippen LogP contribution >= 0.6 is 0 Å². The summed E-state index contributed by atoms with van der Waals surface area (Å²) in [5.74, 6) is -2.94. The molecule has 0 saturated heterocycles. The van der Waals surface area contributed by atoms with E-state index in [9.17, 15) is 24.9 Å². The fourth-order valence-corrected chi connectivity index (χ4v) is 1.72. The zero-order valence-corrected chi connectivity index (χ0v) is 12.0. The topological polar surface area (TPSA) is 194 Å². The van der Waals surface area contributed by atoms with Crippen LogP contribution in [0.5, 0.6) is 0 Å². The van der Waals surface area contributed by atoms with Gasteiger partial charge in [0.2, 0.25) is 5.91 Å². The summed E-state index contributed by atoms with van der Waals surface area (Å²) in [6, 6.07) is -1.16. The highest BCUT2D eigenvalue weighted by atomic mass is 16.4. The third-order valence-corrected chi connectivity index (χ3v) is 3.23. The molecule has 0 rings (SSSR count). The zero-order chi connectivity index (χ0) is 17.3. The van der Waals surface area contributed by atoms with Crippen LogP contribution < -0.4 is 11.1 Å². The summed E-state index contributed by atoms with van der Waals surface area (Å²) in [6.45, 7) is -1.73. The highest BCUT2D eigenvalue weighted by molar-refractivity contribution is 5.78. The Kier molecular flexibility index (Phi) is 9.81. The SMILES string of the molecule is NC(CCC(=O)NC[C@H](O)[C@@H](CO)[C@H](O)[C@H](O)CO)C(=O)O. The van der Waals surface area contributed by atoms with Crippen molar-refractivity contribution in [3.05, 3.63) is 0 Å². The van der Waals surface area contributed by atoms with Gasteiger partial charge in [-0.1, -0.05) is 0 Å². The minimum Gasteiger partial charge on any atom is -0.480 e. The predicted octanol–water partition coefficient (Wildman–Crippen LogP) is -4.02. The number of aliphatic hydroxyl groups excluding tert-OH is 5. The molecule has 0 heterocycles. The molecule has 0 aliphatic carbocycles. The molecule has 130 valence electrons. The van der Waals surface area contributed by atoms with Crippen molar-refractivity contribution in [1.82, 2.24) is 5.32 Å². The fourth-order valence-electron chi connectivity index (χ4n) is 1.72. The predicted molar refractivity (Wildman–Crippen MR) is 73.5 cm³/mol. The lowest BCUT2D eigenvalue weighted by Gasteiger charge is -2.28. The van der Waals surface area contributed by atoms with Gasteiger partial charge in [-0.2, -0.15) is 0 Å². The number of aliphatic carboxylic acids is 1. The van der Waals surface area contributed by atoms with Gasteiger partial charge in [0.1, 0.15) is 12.1 Å². The van der Waals surface area contributed by atoms with Crippen LogP contribution in [0.25, 0.3) is 0 Å². The molecule has 1 unspecified atom stereocenters. The van der Waals surface area contributed by atoms with E-state index in [2.05, 4.69) is 5.32 Å². The molecule has 0 radical (unpaired) electrons. The first-order valence-corrected chi connectivity index (χ1v) is 6.75. The van der Waals surface area contributed by atoms with E-state index in [0.29, 0.717) is 0 Å². The summed E-state index contributed by atoms with van der Waals surface area (Å²) < 4.78 is 0. The maximum Gasteiger partial charge on any atom is 0.320 e. The molecule has 0 aliphatic rings. The molecule has 10 heteroatoms. The van der Waals surface area contributed by atoms with Crippen LogP contribution in [-0.4, -0.2) is 86.6 Å². The van der Waals surface area contributed by atoms with Gasteiger partial charge < -0.3 is 41.7 Å². The third-order valence-electron chi connectivity index (χ3n) is 3.23. The first-order chi connectivity index (χ1) is 10.2. The van der Waals surface area contributed by atoms with Crippen molar-refractivity contribution in [2.24, 2.45) is 11.7 Å². The number of rotatable bonds is 11. The Balaban J connectivity index is 4.26. The maximum absolute atomic E-state index is 11.5. The molecule has 1 amide bonds. The number of hydrogen-bond acceptors (Lipinski definition) is 8. The van der Waals surface area contributed by atoms with Gasteiger partial charge in [0.05, 0.1) is 25.4 Å². The van der Waals surface area contributed by atoms with Gasteiger partial charge in [-0.3, -0.25) is 9.59 Å². The number of hydrogen-bond donors (Lipinski definition) is 8. The molecular formula is C12H24N2O8. The van der Waals surface area contributed by atoms with Gasteiger partial charge in [0.15, 0.2) is 0 Å². The Morgan fingerprint density at radius 1 is 1.05 bits per heavy atom. The number of aliphatic hydroxyl groups is 5. The summed E-state index contributed by atoms with van der Waals surface area (Å²) >= 11 is 0. The fraction of sp³-hybridized carbons (Fsp3) is 0.833. The minimum absolute atomic E-state index is 0.0768. The average molecular weight is 324 g/mol. The molecule has 0 spiro atoms. The van der Waals surface area contributed by atoms with Gasteiger partial charge in [-0.25, -0.2) is 0 Å². The maximum atomic E-state index is 11.5. The van der Waals surface area contributed by atoms with E-state index in [1.54, 1.807) is 0 Å². The second kappa shape index (κ2) is 10.4. The van der Waals surface area contributed by atoms with E-state index in [1.165, 1.54) is 0 Å². The molecular weight excluding hydrogens is 300 g/mol. The molecule has 22 heavy (non-hydrogen) atoms. The second-order valence-corrected chi connectivity index (χ2v) is 4.94. The van der Waals surface area contributed by atoms with Crippen LogP contribution in [0.2, 0.25) is 0 Å². The summed E-state index contributed by atoms with van der Waals surface area (Å²) in [7, 11) is 0. The molecule has 5 atom stereocenters. The standard InChI is InChI=1S/C12H24N2O8/c13-7(12(21)22)1-2-10(19)14-3-8(17)6(4-15)11(20)9(18)5-16/h6-9,11,15-18,20H,1-5,13H2,(H,14,19)(H,21,22)/t6-,7?,8+,9-,11+/m1/s1. The quantitative estimate of drug-likeness (QED) is 0.187. The first kappa shape index (κ1) is 20.7. The van der Waals surface area contributed by atoms with Gasteiger partial charge >= 0.3 is 5.97 Å². The Morgan fingerprint density at radius 3 is 2.09 bits per heavy atom. The zero-order valence-electron chi connectivity index (χ0n) is 12.0. The van der Waals surface area contributed by atoms with Crippen molar-refractivity contribution in [2.75, 3.05) is 19.8 Å². The number of carbonyl (C=O) groups excluding carboxylic acids is 1. The number of nitrogens with two attached hydrogens (primary N) is 1. The number of carboxylic acid groups (broad SMARTS) is 1. The van der Waals surface area contributed by atoms with E-state index < -0.39 is 55.4 Å². The Labute approximate surface area is 127 Å². The summed E-state index contributed by atoms with van der Waals surface area (Å²) in [4.78, 5) is 21.9. The van der Waals surface area contributed by atoms with E-state index in [-0.39, 0.29) is 19.4 Å². The number of nitrogens with one attached hydrogen (secondary N) is 1. The molecule has 0 aliphatic heterocycles. The number of carbonyl (C=O) groups is 2. The van der Waals surface area contributed by atoms with E-state index in [1.807, 2.05) is 0 Å². The Morgan fingerprint density at radius 2 is 1.64 bits per heavy atom. The molecule has 0 aromatic rings. The third kappa shape index (κ3) is 7.11. The van der Waals surface area contributed by atoms with Crippen LogP contribution in [-0.2, 0) is 9.59 Å². The lowest BCUT2D eigenvalue weighted by molar-refractivity contribution is -0.138. The first-order valence-electron chi connectivity index (χ1n) is 6.75. The number of amides is 1. The second-order valence-electron chi connectivity index (χ2n) is 4.94. The molecule has 0 aromatic carbocycles. The Hall–Kier alpha value is -1.30. The normalized spacial score (nSPS) is 18.1. The highest BCUT2D eigenvalue weighted by Crippen LogP contribution is 2.12. The average Bonchev–Trinajstić information content (AvgIpc) is 2.49. The van der Waals surface area contributed by atoms with E-state index in [0.717, 1.165) is 0 Å². The van der Waals surface area contributed by atoms with Gasteiger partial charge in [0, 0.05) is 18.9 Å². The molecule has 10 nitrogen and oxygen atoms in total. The van der Waals surface area contributed by atoms with Crippen molar-refractivity contribution in [1.29, 1.82) is 0 Å². The smallest absolute Gasteiger partial charge is 0.320 e. The van der Waals surface area contributed by atoms with Gasteiger partial charge in [-0.15, -0.1) is 0 Å². The molecule has 9 N–H and O–H groups in total. The van der Waals surface area contributed by atoms with Crippen molar-refractivity contribution in [3.8, 4) is 0 Å². The van der Waals surface area contributed by atoms with Crippen molar-refractivity contribution in [2.45, 2.75) is 37.2 Å². The molecule has 0 bridgehead atoms. The van der Waals surface area contributed by atoms with Crippen LogP contribution in [0.3, 0.4) is 0 Å². The minimum atomic E-state index is -1.57. The molecule has 0 aromatic heterocycles. The van der Waals surface area contributed by atoms with Gasteiger partial charge in [-0.05, 0) is 6.42 Å². The highest BCUT2D eigenvalue weighted by Gasteiger charge is 2.31. The summed E-state index contributed by atoms with van der Waals surface area (Å²) in [5.41, 5.74) is 5.23. The van der Waals surface area contributed by atoms with E-state index in [4.69, 9.17) is 21.1 Å². The van der Waals surface area contributed by atoms with Crippen molar-refractivity contribution < 1.29 is 40.2 Å². The van der Waals surface area contributed by atoms with Gasteiger partial charge in [0.25, 0.3) is 0 Å². The van der Waals surface area contributed by atoms with Crippen LogP contribution in [0, 0.1) is 5.92 Å². The van der Waals surface area contributed by atoms with Crippen LogP contribution in [0.4, 0.5) is 0 Å². The number of carboxylic acids is 1. The van der Waals surface area contributed by atoms with Crippen molar-refractivity contribution >= 4 is 11.9 Å².